The van der Waals surface area contributed by atoms with E-state index in [1.807, 2.05) is 0 Å². The molecule has 0 saturated heterocycles. The van der Waals surface area contributed by atoms with Crippen LogP contribution in [0.2, 0.25) is 0 Å². The summed E-state index contributed by atoms with van der Waals surface area (Å²) in [5, 5.41) is 0. The van der Waals surface area contributed by atoms with Gasteiger partial charge < -0.3 is 15.4 Å². The third-order valence-electron chi connectivity index (χ3n) is 4.00. The van der Waals surface area contributed by atoms with E-state index in [1.54, 1.807) is 7.11 Å². The van der Waals surface area contributed by atoms with Crippen LogP contribution in [0.5, 0.6) is 0 Å². The van der Waals surface area contributed by atoms with Gasteiger partial charge in [0.1, 0.15) is 0 Å². The molecular weight excluding hydrogens is 238 g/mol. The summed E-state index contributed by atoms with van der Waals surface area (Å²) >= 11 is 0. The number of rotatable bonds is 5. The molecule has 1 heterocycles. The molecule has 2 N–H and O–H groups in total. The van der Waals surface area contributed by atoms with Crippen molar-refractivity contribution in [3.05, 3.63) is 35.4 Å². The zero-order chi connectivity index (χ0) is 13.2. The topological polar surface area (TPSA) is 50.9 Å². The van der Waals surface area contributed by atoms with Crippen molar-refractivity contribution in [2.24, 2.45) is 10.7 Å². The van der Waals surface area contributed by atoms with Gasteiger partial charge in [0.15, 0.2) is 5.96 Å². The van der Waals surface area contributed by atoms with Crippen LogP contribution in [0.25, 0.3) is 0 Å². The molecule has 19 heavy (non-hydrogen) atoms. The maximum atomic E-state index is 5.96. The molecule has 4 heteroatoms. The molecule has 0 radical (unpaired) electrons. The minimum atomic E-state index is 0.267. The molecule has 1 fully saturated rings. The van der Waals surface area contributed by atoms with E-state index in [4.69, 9.17) is 10.5 Å². The van der Waals surface area contributed by atoms with Crippen LogP contribution in [-0.2, 0) is 4.74 Å². The molecule has 0 spiro atoms. The van der Waals surface area contributed by atoms with Crippen molar-refractivity contribution in [2.45, 2.75) is 24.8 Å². The normalized spacial score (nSPS) is 22.7. The monoisotopic (exact) mass is 259 g/mol. The SMILES string of the molecule is COCCN1C(N)=NCC1c1ccc(C2CC2)cc1. The van der Waals surface area contributed by atoms with E-state index < -0.39 is 0 Å². The number of ether oxygens (including phenoxy) is 1. The fourth-order valence-electron chi connectivity index (χ4n) is 2.68. The Kier molecular flexibility index (Phi) is 3.42. The Bertz CT molecular complexity index is 465. The van der Waals surface area contributed by atoms with Gasteiger partial charge in [-0.3, -0.25) is 4.99 Å². The van der Waals surface area contributed by atoms with E-state index in [0.717, 1.165) is 19.0 Å². The molecule has 1 aliphatic heterocycles. The summed E-state index contributed by atoms with van der Waals surface area (Å²) in [6.45, 7) is 2.21. The lowest BCUT2D eigenvalue weighted by atomic mass is 10.0. The molecule has 4 nitrogen and oxygen atoms in total. The fourth-order valence-corrected chi connectivity index (χ4v) is 2.68. The van der Waals surface area contributed by atoms with Crippen molar-refractivity contribution >= 4 is 5.96 Å². The van der Waals surface area contributed by atoms with Gasteiger partial charge in [0, 0.05) is 13.7 Å². The lowest BCUT2D eigenvalue weighted by molar-refractivity contribution is 0.166. The highest BCUT2D eigenvalue weighted by Gasteiger charge is 2.28. The lowest BCUT2D eigenvalue weighted by Crippen LogP contribution is -2.38. The Morgan fingerprint density at radius 2 is 1.95 bits per heavy atom. The van der Waals surface area contributed by atoms with Crippen molar-refractivity contribution in [1.82, 2.24) is 4.90 Å². The van der Waals surface area contributed by atoms with Crippen LogP contribution in [0.15, 0.2) is 29.3 Å². The van der Waals surface area contributed by atoms with Gasteiger partial charge in [-0.1, -0.05) is 24.3 Å². The first-order valence-electron chi connectivity index (χ1n) is 6.95. The van der Waals surface area contributed by atoms with Crippen LogP contribution in [0, 0.1) is 0 Å². The number of nitrogens with two attached hydrogens (primary N) is 1. The minimum Gasteiger partial charge on any atom is -0.383 e. The third kappa shape index (κ3) is 2.59. The van der Waals surface area contributed by atoms with Crippen molar-refractivity contribution in [3.8, 4) is 0 Å². The Hall–Kier alpha value is -1.55. The summed E-state index contributed by atoms with van der Waals surface area (Å²) in [5.74, 6) is 1.44. The van der Waals surface area contributed by atoms with E-state index in [2.05, 4.69) is 34.2 Å². The van der Waals surface area contributed by atoms with Crippen LogP contribution in [-0.4, -0.2) is 37.7 Å². The molecule has 0 bridgehead atoms. The van der Waals surface area contributed by atoms with Gasteiger partial charge in [0.2, 0.25) is 0 Å². The first-order chi connectivity index (χ1) is 9.29. The van der Waals surface area contributed by atoms with E-state index in [1.165, 1.54) is 24.0 Å². The lowest BCUT2D eigenvalue weighted by Gasteiger charge is -2.26. The van der Waals surface area contributed by atoms with Crippen LogP contribution in [0.4, 0.5) is 0 Å². The summed E-state index contributed by atoms with van der Waals surface area (Å²) in [4.78, 5) is 6.50. The van der Waals surface area contributed by atoms with Crippen molar-refractivity contribution < 1.29 is 4.74 Å². The van der Waals surface area contributed by atoms with Crippen LogP contribution < -0.4 is 5.73 Å². The van der Waals surface area contributed by atoms with Gasteiger partial charge in [-0.15, -0.1) is 0 Å². The van der Waals surface area contributed by atoms with Gasteiger partial charge >= 0.3 is 0 Å². The first-order valence-corrected chi connectivity index (χ1v) is 6.95. The minimum absolute atomic E-state index is 0.267. The molecule has 1 atom stereocenters. The van der Waals surface area contributed by atoms with E-state index >= 15 is 0 Å². The Morgan fingerprint density at radius 3 is 2.58 bits per heavy atom. The second-order valence-corrected chi connectivity index (χ2v) is 5.34. The van der Waals surface area contributed by atoms with Crippen LogP contribution in [0.1, 0.15) is 35.9 Å². The summed E-state index contributed by atoms with van der Waals surface area (Å²) in [5.41, 5.74) is 8.72. The van der Waals surface area contributed by atoms with Crippen LogP contribution in [0.3, 0.4) is 0 Å². The van der Waals surface area contributed by atoms with Gasteiger partial charge in [-0.2, -0.15) is 0 Å². The Morgan fingerprint density at radius 1 is 1.26 bits per heavy atom. The van der Waals surface area contributed by atoms with E-state index in [-0.39, 0.29) is 6.04 Å². The first kappa shape index (κ1) is 12.5. The number of benzene rings is 1. The molecule has 1 aliphatic carbocycles. The Labute approximate surface area is 114 Å². The average Bonchev–Trinajstić information content (AvgIpc) is 3.22. The smallest absolute Gasteiger partial charge is 0.192 e. The summed E-state index contributed by atoms with van der Waals surface area (Å²) in [6, 6.07) is 9.24. The largest absolute Gasteiger partial charge is 0.383 e. The predicted octanol–water partition coefficient (Wildman–Crippen LogP) is 1.88. The van der Waals surface area contributed by atoms with Crippen LogP contribution >= 0.6 is 0 Å². The van der Waals surface area contributed by atoms with Gasteiger partial charge in [-0.25, -0.2) is 0 Å². The molecule has 102 valence electrons. The highest BCUT2D eigenvalue weighted by Crippen LogP contribution is 2.40. The highest BCUT2D eigenvalue weighted by molar-refractivity contribution is 5.80. The van der Waals surface area contributed by atoms with Gasteiger partial charge in [0.05, 0.1) is 19.2 Å². The number of hydrogen-bond acceptors (Lipinski definition) is 4. The maximum Gasteiger partial charge on any atom is 0.192 e. The highest BCUT2D eigenvalue weighted by atomic mass is 16.5. The fraction of sp³-hybridized carbons (Fsp3) is 0.533. The van der Waals surface area contributed by atoms with E-state index in [0.29, 0.717) is 12.6 Å². The molecule has 0 amide bonds. The standard InChI is InChI=1S/C15H21N3O/c1-19-9-8-18-14(10-17-15(18)16)13-6-4-12(5-7-13)11-2-3-11/h4-7,11,14H,2-3,8-10H2,1H3,(H2,16,17). The molecule has 1 saturated carbocycles. The predicted molar refractivity (Wildman–Crippen MR) is 76.2 cm³/mol. The van der Waals surface area contributed by atoms with Gasteiger partial charge in [-0.05, 0) is 29.9 Å². The number of nitrogens with zero attached hydrogens (tertiary/aromatic N) is 2. The Balaban J connectivity index is 1.72. The second-order valence-electron chi connectivity index (χ2n) is 5.34. The number of aliphatic imine (C=N–C) groups is 1. The molecule has 3 rings (SSSR count). The number of guanidine groups is 1. The second kappa shape index (κ2) is 5.21. The average molecular weight is 259 g/mol. The zero-order valence-electron chi connectivity index (χ0n) is 11.4. The quantitative estimate of drug-likeness (QED) is 0.878. The summed E-state index contributed by atoms with van der Waals surface area (Å²) in [6.07, 6.45) is 2.69. The zero-order valence-corrected chi connectivity index (χ0v) is 11.4. The van der Waals surface area contributed by atoms with Gasteiger partial charge in [0.25, 0.3) is 0 Å². The number of hydrogen-bond donors (Lipinski definition) is 1. The molecule has 2 aliphatic rings. The molecule has 1 aromatic carbocycles. The van der Waals surface area contributed by atoms with E-state index in [9.17, 15) is 0 Å². The molecule has 1 unspecified atom stereocenters. The molecule has 1 aromatic rings. The number of methoxy groups -OCH3 is 1. The van der Waals surface area contributed by atoms with Crippen molar-refractivity contribution in [2.75, 3.05) is 26.8 Å². The molecule has 0 aromatic heterocycles. The summed E-state index contributed by atoms with van der Waals surface area (Å²) in [7, 11) is 1.71. The third-order valence-corrected chi connectivity index (χ3v) is 4.00. The summed E-state index contributed by atoms with van der Waals surface area (Å²) < 4.78 is 5.14. The maximum absolute atomic E-state index is 5.96. The van der Waals surface area contributed by atoms with Crippen molar-refractivity contribution in [1.29, 1.82) is 0 Å². The van der Waals surface area contributed by atoms with Crippen molar-refractivity contribution in [3.63, 3.8) is 0 Å². The molecular formula is C15H21N3O.